The lowest BCUT2D eigenvalue weighted by Crippen LogP contribution is -1.99. The summed E-state index contributed by atoms with van der Waals surface area (Å²) in [7, 11) is 1.77. The number of aryl methyl sites for hydroxylation is 2. The number of pyridine rings is 1. The normalized spacial score (nSPS) is 11.6. The van der Waals surface area contributed by atoms with Gasteiger partial charge in [-0.3, -0.25) is 4.68 Å². The molecule has 0 fully saturated rings. The van der Waals surface area contributed by atoms with E-state index in [1.165, 1.54) is 6.07 Å². The van der Waals surface area contributed by atoms with Gasteiger partial charge in [-0.1, -0.05) is 18.2 Å². The van der Waals surface area contributed by atoms with Crippen molar-refractivity contribution >= 4 is 11.0 Å². The number of para-hydroxylation sites is 1. The zero-order chi connectivity index (χ0) is 17.6. The Morgan fingerprint density at radius 3 is 2.52 bits per heavy atom. The standard InChI is InChI=1S/C18H15F2N5/c1-11-16-14(17(19)20)8-15(12-9-21-24(2)10-12)22-18(16)25(23-11)13-6-4-3-5-7-13/h3-10,17H,1-2H3. The number of aromatic nitrogens is 5. The third-order valence-electron chi connectivity index (χ3n) is 4.08. The Bertz CT molecular complexity index is 1050. The van der Waals surface area contributed by atoms with Crippen molar-refractivity contribution in [1.29, 1.82) is 0 Å². The van der Waals surface area contributed by atoms with Crippen molar-refractivity contribution in [1.82, 2.24) is 24.5 Å². The minimum Gasteiger partial charge on any atom is -0.275 e. The number of hydrogen-bond donors (Lipinski definition) is 0. The van der Waals surface area contributed by atoms with Crippen LogP contribution in [0.2, 0.25) is 0 Å². The molecule has 0 aliphatic carbocycles. The third kappa shape index (κ3) is 2.57. The van der Waals surface area contributed by atoms with Crippen molar-refractivity contribution in [3.05, 3.63) is 60.0 Å². The van der Waals surface area contributed by atoms with Crippen LogP contribution >= 0.6 is 0 Å². The van der Waals surface area contributed by atoms with Gasteiger partial charge in [0.05, 0.1) is 28.7 Å². The fraction of sp³-hybridized carbons (Fsp3) is 0.167. The molecule has 0 aliphatic heterocycles. The lowest BCUT2D eigenvalue weighted by Gasteiger charge is -2.07. The SMILES string of the molecule is Cc1nn(-c2ccccc2)c2nc(-c3cnn(C)c3)cc(C(F)F)c12. The highest BCUT2D eigenvalue weighted by atomic mass is 19.3. The molecule has 3 aromatic heterocycles. The minimum absolute atomic E-state index is 0.0662. The molecule has 0 spiro atoms. The number of hydrogen-bond acceptors (Lipinski definition) is 3. The summed E-state index contributed by atoms with van der Waals surface area (Å²) in [6.07, 6.45) is 0.743. The van der Waals surface area contributed by atoms with Crippen molar-refractivity contribution in [3.8, 4) is 16.9 Å². The van der Waals surface area contributed by atoms with E-state index >= 15 is 0 Å². The maximum absolute atomic E-state index is 13.7. The van der Waals surface area contributed by atoms with Crippen LogP contribution in [0.3, 0.4) is 0 Å². The molecule has 0 bridgehead atoms. The maximum atomic E-state index is 13.7. The first-order valence-corrected chi connectivity index (χ1v) is 7.77. The molecule has 3 heterocycles. The van der Waals surface area contributed by atoms with E-state index < -0.39 is 6.43 Å². The Hall–Kier alpha value is -3.09. The largest absolute Gasteiger partial charge is 0.275 e. The minimum atomic E-state index is -2.62. The van der Waals surface area contributed by atoms with Crippen molar-refractivity contribution in [2.45, 2.75) is 13.3 Å². The van der Waals surface area contributed by atoms with Crippen LogP contribution in [0.5, 0.6) is 0 Å². The molecule has 5 nitrogen and oxygen atoms in total. The highest BCUT2D eigenvalue weighted by Crippen LogP contribution is 2.33. The van der Waals surface area contributed by atoms with Gasteiger partial charge in [0, 0.05) is 24.4 Å². The molecule has 126 valence electrons. The summed E-state index contributed by atoms with van der Waals surface area (Å²) in [6, 6.07) is 10.8. The van der Waals surface area contributed by atoms with Gasteiger partial charge in [0.2, 0.25) is 0 Å². The van der Waals surface area contributed by atoms with Gasteiger partial charge in [0.15, 0.2) is 5.65 Å². The van der Waals surface area contributed by atoms with Gasteiger partial charge in [-0.25, -0.2) is 18.4 Å². The number of fused-ring (bicyclic) bond motifs is 1. The average Bonchev–Trinajstić information content (AvgIpc) is 3.19. The molecule has 25 heavy (non-hydrogen) atoms. The van der Waals surface area contributed by atoms with E-state index in [9.17, 15) is 8.78 Å². The summed E-state index contributed by atoms with van der Waals surface area (Å²) in [4.78, 5) is 4.61. The first-order valence-electron chi connectivity index (χ1n) is 7.77. The van der Waals surface area contributed by atoms with Gasteiger partial charge in [0.1, 0.15) is 0 Å². The fourth-order valence-electron chi connectivity index (χ4n) is 2.94. The quantitative estimate of drug-likeness (QED) is 0.565. The summed E-state index contributed by atoms with van der Waals surface area (Å²) in [5.74, 6) is 0. The molecular formula is C18H15F2N5. The molecule has 1 aromatic carbocycles. The number of benzene rings is 1. The van der Waals surface area contributed by atoms with Gasteiger partial charge in [-0.05, 0) is 25.1 Å². The molecule has 0 N–H and O–H groups in total. The maximum Gasteiger partial charge on any atom is 0.264 e. The van der Waals surface area contributed by atoms with Gasteiger partial charge in [-0.15, -0.1) is 0 Å². The molecule has 0 aliphatic rings. The molecule has 0 amide bonds. The number of halogens is 2. The van der Waals surface area contributed by atoms with Crippen molar-refractivity contribution < 1.29 is 8.78 Å². The van der Waals surface area contributed by atoms with Gasteiger partial charge < -0.3 is 0 Å². The molecule has 0 atom stereocenters. The predicted molar refractivity (Wildman–Crippen MR) is 90.8 cm³/mol. The summed E-state index contributed by atoms with van der Waals surface area (Å²) >= 11 is 0. The number of rotatable bonds is 3. The second-order valence-electron chi connectivity index (χ2n) is 5.83. The Kier molecular flexibility index (Phi) is 3.56. The molecule has 0 saturated carbocycles. The second-order valence-corrected chi connectivity index (χ2v) is 5.83. The Morgan fingerprint density at radius 2 is 1.88 bits per heavy atom. The monoisotopic (exact) mass is 339 g/mol. The Balaban J connectivity index is 2.04. The highest BCUT2D eigenvalue weighted by molar-refractivity contribution is 5.86. The van der Waals surface area contributed by atoms with Crippen molar-refractivity contribution in [3.63, 3.8) is 0 Å². The molecule has 4 aromatic rings. The zero-order valence-corrected chi connectivity index (χ0v) is 13.7. The lowest BCUT2D eigenvalue weighted by atomic mass is 10.1. The molecule has 0 saturated heterocycles. The Labute approximate surface area is 142 Å². The van der Waals surface area contributed by atoms with E-state index in [0.717, 1.165) is 5.69 Å². The Morgan fingerprint density at radius 1 is 1.12 bits per heavy atom. The van der Waals surface area contributed by atoms with E-state index in [2.05, 4.69) is 15.2 Å². The van der Waals surface area contributed by atoms with Crippen LogP contribution in [-0.4, -0.2) is 24.5 Å². The van der Waals surface area contributed by atoms with E-state index in [1.807, 2.05) is 30.3 Å². The third-order valence-corrected chi connectivity index (χ3v) is 4.08. The van der Waals surface area contributed by atoms with Crippen LogP contribution in [0.25, 0.3) is 28.0 Å². The number of alkyl halides is 2. The summed E-state index contributed by atoms with van der Waals surface area (Å²) < 4.78 is 30.6. The summed E-state index contributed by atoms with van der Waals surface area (Å²) in [5, 5.41) is 8.94. The molecular weight excluding hydrogens is 324 g/mol. The second kappa shape index (κ2) is 5.77. The van der Waals surface area contributed by atoms with Crippen LogP contribution in [-0.2, 0) is 7.05 Å². The van der Waals surface area contributed by atoms with E-state index in [0.29, 0.717) is 28.0 Å². The van der Waals surface area contributed by atoms with Gasteiger partial charge in [-0.2, -0.15) is 10.2 Å². The first-order chi connectivity index (χ1) is 12.0. The zero-order valence-electron chi connectivity index (χ0n) is 13.7. The molecule has 0 radical (unpaired) electrons. The van der Waals surface area contributed by atoms with E-state index in [-0.39, 0.29) is 5.56 Å². The van der Waals surface area contributed by atoms with Gasteiger partial charge >= 0.3 is 0 Å². The van der Waals surface area contributed by atoms with E-state index in [1.54, 1.807) is 35.7 Å². The molecule has 4 rings (SSSR count). The highest BCUT2D eigenvalue weighted by Gasteiger charge is 2.21. The van der Waals surface area contributed by atoms with Crippen LogP contribution < -0.4 is 0 Å². The van der Waals surface area contributed by atoms with Crippen molar-refractivity contribution in [2.24, 2.45) is 7.05 Å². The van der Waals surface area contributed by atoms with Crippen LogP contribution in [0.4, 0.5) is 8.78 Å². The smallest absolute Gasteiger partial charge is 0.264 e. The molecule has 0 unspecified atom stereocenters. The van der Waals surface area contributed by atoms with Crippen LogP contribution in [0.1, 0.15) is 17.7 Å². The first kappa shape index (κ1) is 15.4. The van der Waals surface area contributed by atoms with Gasteiger partial charge in [0.25, 0.3) is 6.43 Å². The average molecular weight is 339 g/mol. The predicted octanol–water partition coefficient (Wildman–Crippen LogP) is 4.07. The fourth-order valence-corrected chi connectivity index (χ4v) is 2.94. The van der Waals surface area contributed by atoms with E-state index in [4.69, 9.17) is 0 Å². The van der Waals surface area contributed by atoms with Crippen LogP contribution in [0.15, 0.2) is 48.8 Å². The lowest BCUT2D eigenvalue weighted by molar-refractivity contribution is 0.153. The van der Waals surface area contributed by atoms with Crippen molar-refractivity contribution in [2.75, 3.05) is 0 Å². The number of nitrogens with zero attached hydrogens (tertiary/aromatic N) is 5. The summed E-state index contributed by atoms with van der Waals surface area (Å²) in [6.45, 7) is 1.72. The van der Waals surface area contributed by atoms with Crippen LogP contribution in [0, 0.1) is 6.92 Å². The topological polar surface area (TPSA) is 48.5 Å². The molecule has 7 heteroatoms. The summed E-state index contributed by atoms with van der Waals surface area (Å²) in [5.41, 5.74) is 2.79.